The summed E-state index contributed by atoms with van der Waals surface area (Å²) in [6.07, 6.45) is 3.97. The van der Waals surface area contributed by atoms with Gasteiger partial charge < -0.3 is 9.73 Å². The van der Waals surface area contributed by atoms with E-state index in [9.17, 15) is 0 Å². The first-order valence-corrected chi connectivity index (χ1v) is 7.33. The molecule has 0 bridgehead atoms. The molecule has 0 saturated heterocycles. The predicted molar refractivity (Wildman–Crippen MR) is 82.0 cm³/mol. The molecule has 21 heavy (non-hydrogen) atoms. The Kier molecular flexibility index (Phi) is 4.01. The predicted octanol–water partition coefficient (Wildman–Crippen LogP) is 2.94. The number of rotatable bonds is 6. The smallest absolute Gasteiger partial charge is 0.199 e. The topological polar surface area (TPSA) is 55.9 Å². The molecule has 1 atom stereocenters. The third-order valence-electron chi connectivity index (χ3n) is 3.52. The summed E-state index contributed by atoms with van der Waals surface area (Å²) < 4.78 is 7.72. The van der Waals surface area contributed by atoms with E-state index in [2.05, 4.69) is 35.4 Å². The van der Waals surface area contributed by atoms with Crippen molar-refractivity contribution in [2.75, 3.05) is 6.54 Å². The normalized spacial score (nSPS) is 12.9. The highest BCUT2D eigenvalue weighted by Gasteiger charge is 2.13. The van der Waals surface area contributed by atoms with E-state index in [0.29, 0.717) is 0 Å². The SMILES string of the molecule is CCn1cc(CNC[C@@H](C)c2nc3ccccc3o2)cn1. The number of benzene rings is 1. The third-order valence-corrected chi connectivity index (χ3v) is 3.52. The fourth-order valence-corrected chi connectivity index (χ4v) is 2.29. The molecular formula is C16H20N4O. The Balaban J connectivity index is 1.57. The van der Waals surface area contributed by atoms with Crippen LogP contribution in [-0.4, -0.2) is 21.3 Å². The first kappa shape index (κ1) is 13.8. The summed E-state index contributed by atoms with van der Waals surface area (Å²) in [5.41, 5.74) is 2.97. The van der Waals surface area contributed by atoms with Crippen molar-refractivity contribution >= 4 is 11.1 Å². The van der Waals surface area contributed by atoms with Crippen LogP contribution in [0.15, 0.2) is 41.1 Å². The Morgan fingerprint density at radius 2 is 2.19 bits per heavy atom. The van der Waals surface area contributed by atoms with Gasteiger partial charge in [0, 0.05) is 37.3 Å². The molecule has 1 N–H and O–H groups in total. The molecule has 3 rings (SSSR count). The highest BCUT2D eigenvalue weighted by Crippen LogP contribution is 2.20. The Labute approximate surface area is 124 Å². The van der Waals surface area contributed by atoms with Crippen molar-refractivity contribution in [1.29, 1.82) is 0 Å². The summed E-state index contributed by atoms with van der Waals surface area (Å²) in [6, 6.07) is 7.86. The number of nitrogens with zero attached hydrogens (tertiary/aromatic N) is 3. The largest absolute Gasteiger partial charge is 0.440 e. The maximum absolute atomic E-state index is 5.79. The Hall–Kier alpha value is -2.14. The quantitative estimate of drug-likeness (QED) is 0.756. The Morgan fingerprint density at radius 1 is 1.33 bits per heavy atom. The summed E-state index contributed by atoms with van der Waals surface area (Å²) >= 11 is 0. The first-order chi connectivity index (χ1) is 10.3. The van der Waals surface area contributed by atoms with Crippen LogP contribution in [0, 0.1) is 0 Å². The minimum Gasteiger partial charge on any atom is -0.440 e. The van der Waals surface area contributed by atoms with Crippen molar-refractivity contribution in [3.8, 4) is 0 Å². The molecule has 2 heterocycles. The van der Waals surface area contributed by atoms with Gasteiger partial charge in [-0.2, -0.15) is 5.10 Å². The molecule has 0 fully saturated rings. The second-order valence-corrected chi connectivity index (χ2v) is 5.26. The summed E-state index contributed by atoms with van der Waals surface area (Å²) in [6.45, 7) is 6.74. The van der Waals surface area contributed by atoms with Crippen LogP contribution in [-0.2, 0) is 13.1 Å². The second-order valence-electron chi connectivity index (χ2n) is 5.26. The monoisotopic (exact) mass is 284 g/mol. The molecule has 110 valence electrons. The van der Waals surface area contributed by atoms with Crippen LogP contribution >= 0.6 is 0 Å². The standard InChI is InChI=1S/C16H20N4O/c1-3-20-11-13(10-18-20)9-17-8-12(2)16-19-14-6-4-5-7-15(14)21-16/h4-7,10-12,17H,3,8-9H2,1-2H3/t12-/m1/s1. The first-order valence-electron chi connectivity index (χ1n) is 7.33. The van der Waals surface area contributed by atoms with Gasteiger partial charge >= 0.3 is 0 Å². The average Bonchev–Trinajstić information content (AvgIpc) is 3.13. The van der Waals surface area contributed by atoms with E-state index in [0.717, 1.165) is 36.6 Å². The number of para-hydroxylation sites is 2. The third kappa shape index (κ3) is 3.13. The number of aryl methyl sites for hydroxylation is 1. The lowest BCUT2D eigenvalue weighted by molar-refractivity contribution is 0.466. The summed E-state index contributed by atoms with van der Waals surface area (Å²) in [7, 11) is 0. The van der Waals surface area contributed by atoms with Gasteiger partial charge in [-0.25, -0.2) is 4.98 Å². The van der Waals surface area contributed by atoms with Gasteiger partial charge in [-0.1, -0.05) is 19.1 Å². The van der Waals surface area contributed by atoms with Crippen molar-refractivity contribution in [2.45, 2.75) is 32.9 Å². The maximum atomic E-state index is 5.79. The molecule has 0 saturated carbocycles. The van der Waals surface area contributed by atoms with E-state index < -0.39 is 0 Å². The zero-order chi connectivity index (χ0) is 14.7. The van der Waals surface area contributed by atoms with E-state index in [4.69, 9.17) is 4.42 Å². The summed E-state index contributed by atoms with van der Waals surface area (Å²) in [5.74, 6) is 1.02. The van der Waals surface area contributed by atoms with Gasteiger partial charge in [0.1, 0.15) is 5.52 Å². The molecule has 5 nitrogen and oxygen atoms in total. The molecule has 0 amide bonds. The number of hydrogen-bond acceptors (Lipinski definition) is 4. The van der Waals surface area contributed by atoms with Crippen molar-refractivity contribution in [3.05, 3.63) is 48.1 Å². The van der Waals surface area contributed by atoms with Gasteiger partial charge in [0.2, 0.25) is 0 Å². The number of oxazole rings is 1. The number of hydrogen-bond donors (Lipinski definition) is 1. The van der Waals surface area contributed by atoms with Crippen molar-refractivity contribution < 1.29 is 4.42 Å². The minimum atomic E-state index is 0.235. The van der Waals surface area contributed by atoms with Crippen LogP contribution in [0.2, 0.25) is 0 Å². The number of nitrogens with one attached hydrogen (secondary N) is 1. The van der Waals surface area contributed by atoms with Crippen molar-refractivity contribution in [1.82, 2.24) is 20.1 Å². The number of aromatic nitrogens is 3. The Morgan fingerprint density at radius 3 is 2.95 bits per heavy atom. The van der Waals surface area contributed by atoms with Gasteiger partial charge in [-0.3, -0.25) is 4.68 Å². The van der Waals surface area contributed by atoms with Gasteiger partial charge in [0.15, 0.2) is 11.5 Å². The molecule has 0 spiro atoms. The molecule has 0 unspecified atom stereocenters. The van der Waals surface area contributed by atoms with Crippen LogP contribution in [0.5, 0.6) is 0 Å². The molecule has 0 aliphatic carbocycles. The second kappa shape index (κ2) is 6.10. The zero-order valence-corrected chi connectivity index (χ0v) is 12.4. The van der Waals surface area contributed by atoms with Crippen LogP contribution < -0.4 is 5.32 Å². The van der Waals surface area contributed by atoms with Gasteiger partial charge in [-0.15, -0.1) is 0 Å². The van der Waals surface area contributed by atoms with Gasteiger partial charge in [0.25, 0.3) is 0 Å². The molecule has 0 aliphatic heterocycles. The highest BCUT2D eigenvalue weighted by atomic mass is 16.3. The fourth-order valence-electron chi connectivity index (χ4n) is 2.29. The molecule has 0 radical (unpaired) electrons. The number of fused-ring (bicyclic) bond motifs is 1. The van der Waals surface area contributed by atoms with Gasteiger partial charge in [-0.05, 0) is 19.1 Å². The van der Waals surface area contributed by atoms with Gasteiger partial charge in [0.05, 0.1) is 6.20 Å². The zero-order valence-electron chi connectivity index (χ0n) is 12.4. The highest BCUT2D eigenvalue weighted by molar-refractivity contribution is 5.72. The van der Waals surface area contributed by atoms with Crippen molar-refractivity contribution in [2.24, 2.45) is 0 Å². The maximum Gasteiger partial charge on any atom is 0.199 e. The molecule has 3 aromatic rings. The van der Waals surface area contributed by atoms with E-state index in [1.54, 1.807) is 0 Å². The summed E-state index contributed by atoms with van der Waals surface area (Å²) in [4.78, 5) is 4.53. The molecule has 5 heteroatoms. The molecule has 2 aromatic heterocycles. The van der Waals surface area contributed by atoms with Crippen LogP contribution in [0.1, 0.15) is 31.2 Å². The van der Waals surface area contributed by atoms with Crippen LogP contribution in [0.4, 0.5) is 0 Å². The lowest BCUT2D eigenvalue weighted by Crippen LogP contribution is -2.19. The van der Waals surface area contributed by atoms with Crippen molar-refractivity contribution in [3.63, 3.8) is 0 Å². The van der Waals surface area contributed by atoms with Crippen LogP contribution in [0.25, 0.3) is 11.1 Å². The Bertz CT molecular complexity index is 683. The molecular weight excluding hydrogens is 264 g/mol. The van der Waals surface area contributed by atoms with E-state index in [1.165, 1.54) is 5.56 Å². The minimum absolute atomic E-state index is 0.235. The fraction of sp³-hybridized carbons (Fsp3) is 0.375. The van der Waals surface area contributed by atoms with E-state index in [-0.39, 0.29) is 5.92 Å². The van der Waals surface area contributed by atoms with E-state index >= 15 is 0 Å². The lowest BCUT2D eigenvalue weighted by Gasteiger charge is -2.08. The average molecular weight is 284 g/mol. The van der Waals surface area contributed by atoms with E-state index in [1.807, 2.05) is 35.1 Å². The van der Waals surface area contributed by atoms with Crippen LogP contribution in [0.3, 0.4) is 0 Å². The lowest BCUT2D eigenvalue weighted by atomic mass is 10.2. The summed E-state index contributed by atoms with van der Waals surface area (Å²) in [5, 5.41) is 7.69. The molecule has 0 aliphatic rings. The molecule has 1 aromatic carbocycles.